The van der Waals surface area contributed by atoms with E-state index in [0.29, 0.717) is 32.5 Å². The first-order valence-electron chi connectivity index (χ1n) is 21.6. The molecule has 7 rings (SSSR count). The Morgan fingerprint density at radius 3 is 2.57 bits per heavy atom. The summed E-state index contributed by atoms with van der Waals surface area (Å²) >= 11 is 1.68. The van der Waals surface area contributed by atoms with Crippen molar-refractivity contribution in [3.05, 3.63) is 58.8 Å². The molecule has 15 heteroatoms. The normalized spacial score (nSPS) is 26.3. The maximum atomic E-state index is 14.2. The van der Waals surface area contributed by atoms with Gasteiger partial charge < -0.3 is 23.8 Å². The molecule has 3 aliphatic heterocycles. The van der Waals surface area contributed by atoms with Gasteiger partial charge in [-0.3, -0.25) is 34.5 Å². The summed E-state index contributed by atoms with van der Waals surface area (Å²) in [6.45, 7) is 15.0. The summed E-state index contributed by atoms with van der Waals surface area (Å²) < 4.78 is 14.2. The highest BCUT2D eigenvalue weighted by Crippen LogP contribution is 2.67. The van der Waals surface area contributed by atoms with Gasteiger partial charge >= 0.3 is 5.97 Å². The van der Waals surface area contributed by atoms with Gasteiger partial charge in [-0.05, 0) is 99.8 Å². The van der Waals surface area contributed by atoms with E-state index in [0.717, 1.165) is 70.6 Å². The predicted octanol–water partition coefficient (Wildman–Crippen LogP) is 5.39. The van der Waals surface area contributed by atoms with E-state index in [-0.39, 0.29) is 53.1 Å². The Hall–Kier alpha value is -3.86. The van der Waals surface area contributed by atoms with Crippen molar-refractivity contribution in [3.63, 3.8) is 0 Å². The number of ketones is 2. The smallest absolute Gasteiger partial charge is 0.324 e. The second kappa shape index (κ2) is 18.1. The lowest BCUT2D eigenvalue weighted by Crippen LogP contribution is -2.56. The van der Waals surface area contributed by atoms with Crippen LogP contribution in [0.15, 0.2) is 41.9 Å². The number of thioether (sulfide) groups is 1. The number of carbonyl (C=O) groups excluding carboxylic acids is 4. The van der Waals surface area contributed by atoms with Gasteiger partial charge in [0.15, 0.2) is 5.78 Å². The van der Waals surface area contributed by atoms with E-state index in [9.17, 15) is 19.2 Å². The number of aryl methyl sites for hydroxylation is 1. The average Bonchev–Trinajstić information content (AvgIpc) is 3.50. The summed E-state index contributed by atoms with van der Waals surface area (Å²) in [5.74, 6) is -0.726. The van der Waals surface area contributed by atoms with Crippen molar-refractivity contribution in [3.8, 4) is 11.3 Å². The number of hydrazine groups is 1. The second-order valence-corrected chi connectivity index (χ2v) is 19.8. The second-order valence-electron chi connectivity index (χ2n) is 18.2. The Morgan fingerprint density at radius 2 is 1.90 bits per heavy atom. The van der Waals surface area contributed by atoms with Gasteiger partial charge in [0, 0.05) is 103 Å². The fourth-order valence-electron chi connectivity index (χ4n) is 9.77. The van der Waals surface area contributed by atoms with Gasteiger partial charge in [0.05, 0.1) is 41.2 Å². The molecule has 4 aliphatic rings. The highest BCUT2D eigenvalue weighted by molar-refractivity contribution is 8.03. The lowest BCUT2D eigenvalue weighted by Gasteiger charge is -2.38. The van der Waals surface area contributed by atoms with Crippen LogP contribution in [0.25, 0.3) is 27.9 Å². The molecule has 2 aromatic heterocycles. The Morgan fingerprint density at radius 1 is 1.13 bits per heavy atom. The topological polar surface area (TPSA) is 138 Å². The molecule has 7 atom stereocenters. The molecule has 2 N–H and O–H groups in total. The highest BCUT2D eigenvalue weighted by atomic mass is 32.2. The maximum absolute atomic E-state index is 14.2. The van der Waals surface area contributed by atoms with Gasteiger partial charge in [-0.15, -0.1) is 11.8 Å². The van der Waals surface area contributed by atoms with E-state index in [4.69, 9.17) is 14.5 Å². The zero-order chi connectivity index (χ0) is 44.0. The Bertz CT molecular complexity index is 2200. The van der Waals surface area contributed by atoms with Gasteiger partial charge in [-0.1, -0.05) is 19.9 Å². The van der Waals surface area contributed by atoms with Gasteiger partial charge in [0.1, 0.15) is 11.8 Å². The summed E-state index contributed by atoms with van der Waals surface area (Å²) in [5, 5.41) is 3.21. The molecule has 0 bridgehead atoms. The zero-order valence-electron chi connectivity index (χ0n) is 37.2. The molecule has 3 aromatic rings. The van der Waals surface area contributed by atoms with Crippen LogP contribution in [0.2, 0.25) is 5.54 Å². The molecule has 61 heavy (non-hydrogen) atoms. The molecule has 2 saturated heterocycles. The molecular weight excluding hydrogens is 807 g/mol. The van der Waals surface area contributed by atoms with Crippen molar-refractivity contribution in [2.45, 2.75) is 103 Å². The number of hydrogen-bond acceptors (Lipinski definition) is 12. The van der Waals surface area contributed by atoms with E-state index < -0.39 is 22.8 Å². The number of aromatic nitrogens is 2. The molecule has 1 amide bonds. The summed E-state index contributed by atoms with van der Waals surface area (Å²) in [4.78, 5) is 64.1. The number of likely N-dealkylation sites (N-methyl/N-ethyl adjacent to an activating group) is 1. The molecule has 0 spiro atoms. The molecular formula is C46H62N7O6SSi. The third-order valence-electron chi connectivity index (χ3n) is 13.6. The van der Waals surface area contributed by atoms with Gasteiger partial charge in [0.2, 0.25) is 5.91 Å². The number of rotatable bonds is 15. The Labute approximate surface area is 368 Å². The first kappa shape index (κ1) is 45.2. The number of nitrogens with zero attached hydrogens (tertiary/aromatic N) is 5. The van der Waals surface area contributed by atoms with Crippen LogP contribution in [0.4, 0.5) is 0 Å². The molecule has 2 unspecified atom stereocenters. The third-order valence-corrected chi connectivity index (χ3v) is 15.6. The van der Waals surface area contributed by atoms with Crippen molar-refractivity contribution in [1.82, 2.24) is 35.1 Å². The quantitative estimate of drug-likeness (QED) is 0.150. The van der Waals surface area contributed by atoms with E-state index in [1.165, 1.54) is 0 Å². The number of Topliss-reactive ketones (excluding diaryl/α,β-unsaturated/α-hetero) is 2. The number of carbonyl (C=O) groups is 4. The Balaban J connectivity index is 1.20. The predicted molar refractivity (Wildman–Crippen MR) is 240 cm³/mol. The summed E-state index contributed by atoms with van der Waals surface area (Å²) in [6, 6.07) is 9.92. The average molecular weight is 869 g/mol. The van der Waals surface area contributed by atoms with Crippen LogP contribution < -0.4 is 10.9 Å². The number of ether oxygens (including phenoxy) is 2. The Kier molecular flexibility index (Phi) is 13.4. The fraction of sp³-hybridized carbons (Fsp3) is 0.587. The van der Waals surface area contributed by atoms with Crippen LogP contribution in [0, 0.1) is 16.7 Å². The summed E-state index contributed by atoms with van der Waals surface area (Å²) in [6.07, 6.45) is 4.35. The SMILES string of the molecule is CCn1c(-c2cccnc2[C@H](C)OC)c(CC(C)(C)COC(=O)[C@@H]2CCCNN2)c2cc(C3=CSC(C[C@@]4(C(C)=O)C(C(=O)[C@H]5CN(C(C)=O)CCN5C)[C@@H]4[Si])N3C)ccc21. The van der Waals surface area contributed by atoms with Crippen LogP contribution >= 0.6 is 11.8 Å². The molecule has 13 nitrogen and oxygen atoms in total. The van der Waals surface area contributed by atoms with Gasteiger partial charge in [-0.25, -0.2) is 5.43 Å². The maximum Gasteiger partial charge on any atom is 0.324 e. The van der Waals surface area contributed by atoms with Crippen molar-refractivity contribution in [2.75, 3.05) is 54.0 Å². The zero-order valence-corrected chi connectivity index (χ0v) is 39.0. The van der Waals surface area contributed by atoms with Crippen molar-refractivity contribution < 1.29 is 28.7 Å². The van der Waals surface area contributed by atoms with Crippen LogP contribution in [0.3, 0.4) is 0 Å². The lowest BCUT2D eigenvalue weighted by atomic mass is 9.84. The number of esters is 1. The van der Waals surface area contributed by atoms with Crippen LogP contribution in [0.5, 0.6) is 0 Å². The minimum absolute atomic E-state index is 0.00668. The lowest BCUT2D eigenvalue weighted by molar-refractivity contribution is -0.150. The number of methoxy groups -OCH3 is 1. The first-order valence-corrected chi connectivity index (χ1v) is 23.1. The van der Waals surface area contributed by atoms with Gasteiger partial charge in [-0.2, -0.15) is 0 Å². The van der Waals surface area contributed by atoms with Crippen molar-refractivity contribution in [1.29, 1.82) is 0 Å². The van der Waals surface area contributed by atoms with Crippen molar-refractivity contribution >= 4 is 62.0 Å². The highest BCUT2D eigenvalue weighted by Gasteiger charge is 2.69. The van der Waals surface area contributed by atoms with Crippen LogP contribution in [-0.4, -0.2) is 129 Å². The molecule has 1 aromatic carbocycles. The molecule has 3 radical (unpaired) electrons. The minimum Gasteiger partial charge on any atom is -0.464 e. The molecule has 3 fully saturated rings. The van der Waals surface area contributed by atoms with E-state index in [1.807, 2.05) is 31.1 Å². The van der Waals surface area contributed by atoms with E-state index in [2.05, 4.69) is 88.1 Å². The number of hydrogen-bond donors (Lipinski definition) is 2. The number of fused-ring (bicyclic) bond motifs is 1. The summed E-state index contributed by atoms with van der Waals surface area (Å²) in [5.41, 5.74) is 11.9. The van der Waals surface area contributed by atoms with E-state index in [1.54, 1.807) is 37.6 Å². The van der Waals surface area contributed by atoms with Crippen LogP contribution in [-0.2, 0) is 41.6 Å². The van der Waals surface area contributed by atoms with Crippen LogP contribution in [0.1, 0.15) is 83.7 Å². The van der Waals surface area contributed by atoms with Crippen molar-refractivity contribution in [2.24, 2.45) is 16.7 Å². The third kappa shape index (κ3) is 8.62. The largest absolute Gasteiger partial charge is 0.464 e. The molecule has 5 heterocycles. The fourth-order valence-corrected chi connectivity index (χ4v) is 11.9. The molecule has 1 saturated carbocycles. The number of nitrogens with one attached hydrogen (secondary N) is 2. The first-order chi connectivity index (χ1) is 29.0. The number of pyridine rings is 1. The number of amides is 1. The monoisotopic (exact) mass is 868 g/mol. The van der Waals surface area contributed by atoms with E-state index >= 15 is 0 Å². The number of piperazine rings is 1. The summed E-state index contributed by atoms with van der Waals surface area (Å²) in [7, 11) is 9.57. The standard InChI is InChI=1S/C46H62N7O6SSi/c1-10-53-35-16-15-30(37-25-60-38(51(37)8)23-46(28(3)54)39(43(46)61)42(56)36-24-52(29(4)55)20-19-50(36)7)21-32(35)33(41(53)31-13-11-17-47-40(31)27(2)58-9)22-45(5,6)26-59-44(57)34-14-12-18-48-49-34/h11,13,15-17,21,25,27,34,36,38-39,43,48-49H,10,12,14,18-20,22-24,26H2,1-9H3/t27-,34-,36+,38?,39?,43-,46+/m0/s1. The molecule has 1 aliphatic carbocycles. The number of benzene rings is 1. The minimum atomic E-state index is -0.841. The molecule has 327 valence electrons. The van der Waals surface area contributed by atoms with Gasteiger partial charge in [0.25, 0.3) is 0 Å².